The number of hydrogen-bond donors (Lipinski definition) is 1. The summed E-state index contributed by atoms with van der Waals surface area (Å²) in [7, 11) is 0. The van der Waals surface area contributed by atoms with Gasteiger partial charge in [0.15, 0.2) is 17.0 Å². The van der Waals surface area contributed by atoms with E-state index in [0.717, 1.165) is 66.1 Å². The second kappa shape index (κ2) is 7.90. The fraction of sp³-hybridized carbons (Fsp3) is 0.364. The van der Waals surface area contributed by atoms with Crippen LogP contribution in [-0.2, 0) is 6.54 Å². The minimum atomic E-state index is 0.263. The van der Waals surface area contributed by atoms with Gasteiger partial charge in [0.1, 0.15) is 23.8 Å². The lowest BCUT2D eigenvalue weighted by Crippen LogP contribution is -2.27. The molecule has 9 nitrogen and oxygen atoms in total. The molecule has 4 aromatic rings. The molecule has 1 aliphatic heterocycles. The Labute approximate surface area is 180 Å². The van der Waals surface area contributed by atoms with Crippen LogP contribution in [0.25, 0.3) is 22.6 Å². The molecule has 1 atom stereocenters. The summed E-state index contributed by atoms with van der Waals surface area (Å²) in [5.41, 5.74) is 3.62. The summed E-state index contributed by atoms with van der Waals surface area (Å²) in [6.07, 6.45) is 8.13. The molecule has 1 fully saturated rings. The van der Waals surface area contributed by atoms with Crippen LogP contribution in [0.15, 0.2) is 37.1 Å². The Balaban J connectivity index is 1.43. The number of hydrogen-bond acceptors (Lipinski definition) is 8. The van der Waals surface area contributed by atoms with Crippen molar-refractivity contribution in [3.8, 4) is 11.4 Å². The molecule has 31 heavy (non-hydrogen) atoms. The van der Waals surface area contributed by atoms with Gasteiger partial charge in [-0.2, -0.15) is 0 Å². The third-order valence-electron chi connectivity index (χ3n) is 5.64. The van der Waals surface area contributed by atoms with Crippen molar-refractivity contribution in [3.63, 3.8) is 0 Å². The number of anilines is 2. The highest BCUT2D eigenvalue weighted by atomic mass is 15.2. The van der Waals surface area contributed by atoms with Crippen molar-refractivity contribution in [2.24, 2.45) is 0 Å². The average molecular weight is 416 g/mol. The number of aromatic nitrogens is 7. The molecule has 158 valence electrons. The molecule has 0 bridgehead atoms. The lowest BCUT2D eigenvalue weighted by atomic mass is 10.2. The summed E-state index contributed by atoms with van der Waals surface area (Å²) >= 11 is 0. The summed E-state index contributed by atoms with van der Waals surface area (Å²) in [5, 5.41) is 3.59. The number of nitrogens with one attached hydrogen (secondary N) is 1. The SMILES string of the molecule is CCn1c(-c2cnc(C)nc2)nc2c(N[C@H]3CCN(c4ccc(C)cn4)C3)ncnc21. The summed E-state index contributed by atoms with van der Waals surface area (Å²) in [5.74, 6) is 3.31. The zero-order valence-electron chi connectivity index (χ0n) is 17.9. The summed E-state index contributed by atoms with van der Waals surface area (Å²) in [6.45, 7) is 8.58. The third-order valence-corrected chi connectivity index (χ3v) is 5.64. The highest BCUT2D eigenvalue weighted by molar-refractivity contribution is 5.86. The largest absolute Gasteiger partial charge is 0.364 e. The van der Waals surface area contributed by atoms with Gasteiger partial charge < -0.3 is 14.8 Å². The number of imidazole rings is 1. The molecule has 4 aromatic heterocycles. The lowest BCUT2D eigenvalue weighted by molar-refractivity contribution is 0.783. The van der Waals surface area contributed by atoms with Gasteiger partial charge in [-0.25, -0.2) is 29.9 Å². The van der Waals surface area contributed by atoms with Gasteiger partial charge in [-0.05, 0) is 38.8 Å². The van der Waals surface area contributed by atoms with E-state index < -0.39 is 0 Å². The first-order valence-electron chi connectivity index (χ1n) is 10.6. The van der Waals surface area contributed by atoms with E-state index in [2.05, 4.69) is 65.7 Å². The van der Waals surface area contributed by atoms with E-state index >= 15 is 0 Å². The van der Waals surface area contributed by atoms with Crippen molar-refractivity contribution in [2.45, 2.75) is 39.8 Å². The van der Waals surface area contributed by atoms with Crippen LogP contribution in [0.1, 0.15) is 24.7 Å². The van der Waals surface area contributed by atoms with E-state index in [1.807, 2.05) is 13.1 Å². The molecule has 5 rings (SSSR count). The average Bonchev–Trinajstić information content (AvgIpc) is 3.40. The van der Waals surface area contributed by atoms with Crippen LogP contribution >= 0.6 is 0 Å². The first-order chi connectivity index (χ1) is 15.1. The molecular weight excluding hydrogens is 390 g/mol. The first kappa shape index (κ1) is 19.3. The lowest BCUT2D eigenvalue weighted by Gasteiger charge is -2.18. The van der Waals surface area contributed by atoms with Crippen LogP contribution in [0, 0.1) is 13.8 Å². The Kier molecular flexibility index (Phi) is 4.93. The number of rotatable bonds is 5. The summed E-state index contributed by atoms with van der Waals surface area (Å²) in [4.78, 5) is 29.4. The predicted molar refractivity (Wildman–Crippen MR) is 120 cm³/mol. The molecule has 9 heteroatoms. The van der Waals surface area contributed by atoms with Crippen molar-refractivity contribution in [1.82, 2.24) is 34.5 Å². The van der Waals surface area contributed by atoms with E-state index in [1.165, 1.54) is 5.56 Å². The summed E-state index contributed by atoms with van der Waals surface area (Å²) in [6, 6.07) is 4.45. The maximum atomic E-state index is 4.88. The van der Waals surface area contributed by atoms with Gasteiger partial charge in [0.25, 0.3) is 0 Å². The number of nitrogens with zero attached hydrogens (tertiary/aromatic N) is 8. The molecule has 0 radical (unpaired) electrons. The number of aryl methyl sites for hydroxylation is 3. The zero-order valence-corrected chi connectivity index (χ0v) is 17.9. The molecule has 0 amide bonds. The van der Waals surface area contributed by atoms with E-state index in [9.17, 15) is 0 Å². The Hall–Kier alpha value is -3.62. The third kappa shape index (κ3) is 3.67. The Morgan fingerprint density at radius 2 is 1.87 bits per heavy atom. The number of fused-ring (bicyclic) bond motifs is 1. The van der Waals surface area contributed by atoms with E-state index in [1.54, 1.807) is 18.7 Å². The molecule has 1 saturated heterocycles. The second-order valence-corrected chi connectivity index (χ2v) is 7.86. The van der Waals surface area contributed by atoms with Crippen molar-refractivity contribution in [2.75, 3.05) is 23.3 Å². The minimum Gasteiger partial charge on any atom is -0.364 e. The van der Waals surface area contributed by atoms with Gasteiger partial charge in [0, 0.05) is 44.3 Å². The molecule has 1 aliphatic rings. The van der Waals surface area contributed by atoms with E-state index in [-0.39, 0.29) is 6.04 Å². The highest BCUT2D eigenvalue weighted by Gasteiger charge is 2.25. The molecule has 0 saturated carbocycles. The van der Waals surface area contributed by atoms with Crippen molar-refractivity contribution in [1.29, 1.82) is 0 Å². The Morgan fingerprint density at radius 1 is 1.03 bits per heavy atom. The predicted octanol–water partition coefficient (Wildman–Crippen LogP) is 3.01. The van der Waals surface area contributed by atoms with Crippen LogP contribution < -0.4 is 10.2 Å². The second-order valence-electron chi connectivity index (χ2n) is 7.86. The van der Waals surface area contributed by atoms with Crippen LogP contribution in [0.3, 0.4) is 0 Å². The van der Waals surface area contributed by atoms with Crippen LogP contribution in [-0.4, -0.2) is 53.6 Å². The summed E-state index contributed by atoms with van der Waals surface area (Å²) < 4.78 is 2.08. The number of pyridine rings is 1. The van der Waals surface area contributed by atoms with Gasteiger partial charge in [0.2, 0.25) is 0 Å². The van der Waals surface area contributed by atoms with Crippen LogP contribution in [0.4, 0.5) is 11.6 Å². The molecule has 0 unspecified atom stereocenters. The van der Waals surface area contributed by atoms with Crippen molar-refractivity contribution in [3.05, 3.63) is 48.4 Å². The van der Waals surface area contributed by atoms with E-state index in [0.29, 0.717) is 0 Å². The molecule has 0 spiro atoms. The molecule has 0 aliphatic carbocycles. The standard InChI is InChI=1S/C22H25N9/c1-4-31-21(16-10-23-15(3)24-11-16)29-19-20(26-13-27-22(19)31)28-17-7-8-30(12-17)18-6-5-14(2)9-25-18/h5-6,9-11,13,17H,4,7-8,12H2,1-3H3,(H,26,27,28)/t17-/m0/s1. The van der Waals surface area contributed by atoms with Gasteiger partial charge in [-0.1, -0.05) is 6.07 Å². The molecular formula is C22H25N9. The van der Waals surface area contributed by atoms with E-state index in [4.69, 9.17) is 4.98 Å². The smallest absolute Gasteiger partial charge is 0.165 e. The molecule has 1 N–H and O–H groups in total. The maximum absolute atomic E-state index is 4.88. The van der Waals surface area contributed by atoms with Gasteiger partial charge in [-0.3, -0.25) is 0 Å². The minimum absolute atomic E-state index is 0.263. The van der Waals surface area contributed by atoms with Gasteiger partial charge >= 0.3 is 0 Å². The quantitative estimate of drug-likeness (QED) is 0.531. The van der Waals surface area contributed by atoms with Crippen LogP contribution in [0.5, 0.6) is 0 Å². The molecule has 0 aromatic carbocycles. The fourth-order valence-electron chi connectivity index (χ4n) is 4.00. The zero-order chi connectivity index (χ0) is 21.4. The maximum Gasteiger partial charge on any atom is 0.165 e. The topological polar surface area (TPSA) is 97.5 Å². The Morgan fingerprint density at radius 3 is 2.61 bits per heavy atom. The first-order valence-corrected chi connectivity index (χ1v) is 10.6. The highest BCUT2D eigenvalue weighted by Crippen LogP contribution is 2.28. The normalized spacial score (nSPS) is 16.2. The van der Waals surface area contributed by atoms with Crippen molar-refractivity contribution >= 4 is 22.8 Å². The van der Waals surface area contributed by atoms with Gasteiger partial charge in [0.05, 0.1) is 5.56 Å². The van der Waals surface area contributed by atoms with Gasteiger partial charge in [-0.15, -0.1) is 0 Å². The fourth-order valence-corrected chi connectivity index (χ4v) is 4.00. The van der Waals surface area contributed by atoms with Crippen molar-refractivity contribution < 1.29 is 0 Å². The Bertz CT molecular complexity index is 1200. The molecule has 5 heterocycles. The van der Waals surface area contributed by atoms with Crippen LogP contribution in [0.2, 0.25) is 0 Å². The monoisotopic (exact) mass is 415 g/mol.